The van der Waals surface area contributed by atoms with E-state index >= 15 is 0 Å². The van der Waals surface area contributed by atoms with Gasteiger partial charge in [0, 0.05) is 18.2 Å². The number of amides is 1. The molecule has 3 nitrogen and oxygen atoms in total. The molecule has 1 aromatic carbocycles. The normalized spacial score (nSPS) is 12.2. The first-order valence-corrected chi connectivity index (χ1v) is 5.54. The first-order valence-electron chi connectivity index (χ1n) is 5.54. The maximum atomic E-state index is 12.0. The molecule has 16 heavy (non-hydrogen) atoms. The number of carbonyl (C=O) groups is 1. The van der Waals surface area contributed by atoms with Gasteiger partial charge in [-0.15, -0.1) is 0 Å². The van der Waals surface area contributed by atoms with Crippen LogP contribution in [0.2, 0.25) is 0 Å². The Morgan fingerprint density at radius 3 is 2.44 bits per heavy atom. The Morgan fingerprint density at radius 2 is 1.94 bits per heavy atom. The van der Waals surface area contributed by atoms with Gasteiger partial charge in [0.25, 0.3) is 5.91 Å². The van der Waals surface area contributed by atoms with Crippen LogP contribution in [-0.2, 0) is 0 Å². The molecule has 0 spiro atoms. The van der Waals surface area contributed by atoms with Crippen LogP contribution >= 0.6 is 0 Å². The van der Waals surface area contributed by atoms with Gasteiger partial charge in [-0.05, 0) is 38.3 Å². The summed E-state index contributed by atoms with van der Waals surface area (Å²) in [6.07, 6.45) is 0.580. The smallest absolute Gasteiger partial charge is 0.252 e. The summed E-state index contributed by atoms with van der Waals surface area (Å²) in [5.74, 6) is -0.0587. The lowest BCUT2D eigenvalue weighted by molar-refractivity contribution is 0.0933. The van der Waals surface area contributed by atoms with Gasteiger partial charge in [0.2, 0.25) is 0 Å². The first kappa shape index (κ1) is 12.7. The Bertz CT molecular complexity index is 354. The first-order chi connectivity index (χ1) is 7.56. The second-order valence-electron chi connectivity index (χ2n) is 4.15. The van der Waals surface area contributed by atoms with E-state index in [1.807, 2.05) is 39.0 Å². The highest BCUT2D eigenvalue weighted by atomic mass is 16.3. The standard InChI is InChI=1S/C13H19NO2/c1-9-5-4-6-10(2)12(9)13(16)14-11(3)7-8-15/h4-6,11,15H,7-8H2,1-3H3,(H,14,16). The number of nitrogens with one attached hydrogen (secondary N) is 1. The number of carbonyl (C=O) groups excluding carboxylic acids is 1. The number of benzene rings is 1. The van der Waals surface area contributed by atoms with Crippen molar-refractivity contribution >= 4 is 5.91 Å². The van der Waals surface area contributed by atoms with Crippen molar-refractivity contribution in [3.63, 3.8) is 0 Å². The molecular weight excluding hydrogens is 202 g/mol. The molecule has 0 saturated heterocycles. The predicted molar refractivity (Wildman–Crippen MR) is 64.5 cm³/mol. The van der Waals surface area contributed by atoms with E-state index in [9.17, 15) is 4.79 Å². The van der Waals surface area contributed by atoms with Gasteiger partial charge in [0.05, 0.1) is 0 Å². The van der Waals surface area contributed by atoms with Gasteiger partial charge in [-0.3, -0.25) is 4.79 Å². The zero-order valence-corrected chi connectivity index (χ0v) is 10.1. The van der Waals surface area contributed by atoms with Crippen LogP contribution in [0, 0.1) is 13.8 Å². The molecule has 1 unspecified atom stereocenters. The summed E-state index contributed by atoms with van der Waals surface area (Å²) in [6, 6.07) is 5.80. The zero-order chi connectivity index (χ0) is 12.1. The molecule has 3 heteroatoms. The third-order valence-electron chi connectivity index (χ3n) is 2.65. The van der Waals surface area contributed by atoms with Gasteiger partial charge < -0.3 is 10.4 Å². The Labute approximate surface area is 96.5 Å². The molecular formula is C13H19NO2. The number of hydrogen-bond acceptors (Lipinski definition) is 2. The molecule has 2 N–H and O–H groups in total. The molecule has 1 rings (SSSR count). The van der Waals surface area contributed by atoms with Crippen molar-refractivity contribution in [2.45, 2.75) is 33.2 Å². The van der Waals surface area contributed by atoms with Crippen LogP contribution in [0.25, 0.3) is 0 Å². The lowest BCUT2D eigenvalue weighted by Crippen LogP contribution is -2.34. The van der Waals surface area contributed by atoms with Crippen LogP contribution in [0.3, 0.4) is 0 Å². The van der Waals surface area contributed by atoms with Crippen molar-refractivity contribution in [3.8, 4) is 0 Å². The van der Waals surface area contributed by atoms with Crippen LogP contribution in [-0.4, -0.2) is 23.7 Å². The van der Waals surface area contributed by atoms with Gasteiger partial charge in [-0.2, -0.15) is 0 Å². The van der Waals surface area contributed by atoms with E-state index in [0.29, 0.717) is 6.42 Å². The molecule has 1 atom stereocenters. The second kappa shape index (κ2) is 5.66. The summed E-state index contributed by atoms with van der Waals surface area (Å²) in [5.41, 5.74) is 2.70. The van der Waals surface area contributed by atoms with Crippen LogP contribution in [0.4, 0.5) is 0 Å². The van der Waals surface area contributed by atoms with Gasteiger partial charge in [0.1, 0.15) is 0 Å². The lowest BCUT2D eigenvalue weighted by Gasteiger charge is -2.15. The molecule has 1 aromatic rings. The minimum atomic E-state index is -0.0587. The summed E-state index contributed by atoms with van der Waals surface area (Å²) < 4.78 is 0. The summed E-state index contributed by atoms with van der Waals surface area (Å²) in [7, 11) is 0. The topological polar surface area (TPSA) is 49.3 Å². The summed E-state index contributed by atoms with van der Waals surface area (Å²) in [4.78, 5) is 12.0. The summed E-state index contributed by atoms with van der Waals surface area (Å²) in [5, 5.41) is 11.7. The predicted octanol–water partition coefficient (Wildman–Crippen LogP) is 1.80. The Balaban J connectivity index is 2.80. The van der Waals surface area contributed by atoms with Crippen LogP contribution in [0.1, 0.15) is 34.8 Å². The highest BCUT2D eigenvalue weighted by Gasteiger charge is 2.13. The molecule has 88 valence electrons. The molecule has 0 aliphatic rings. The number of aryl methyl sites for hydroxylation is 2. The highest BCUT2D eigenvalue weighted by molar-refractivity contribution is 5.97. The van der Waals surface area contributed by atoms with E-state index in [4.69, 9.17) is 5.11 Å². The largest absolute Gasteiger partial charge is 0.396 e. The van der Waals surface area contributed by atoms with E-state index in [-0.39, 0.29) is 18.6 Å². The molecule has 0 saturated carbocycles. The zero-order valence-electron chi connectivity index (χ0n) is 10.1. The van der Waals surface area contributed by atoms with Gasteiger partial charge >= 0.3 is 0 Å². The van der Waals surface area contributed by atoms with E-state index in [1.54, 1.807) is 0 Å². The van der Waals surface area contributed by atoms with Crippen molar-refractivity contribution in [1.29, 1.82) is 0 Å². The Hall–Kier alpha value is -1.35. The third kappa shape index (κ3) is 3.07. The van der Waals surface area contributed by atoms with E-state index in [2.05, 4.69) is 5.32 Å². The summed E-state index contributed by atoms with van der Waals surface area (Å²) in [6.45, 7) is 5.84. The molecule has 0 heterocycles. The molecule has 0 bridgehead atoms. The molecule has 0 fully saturated rings. The van der Waals surface area contributed by atoms with E-state index < -0.39 is 0 Å². The number of aliphatic hydroxyl groups is 1. The Kier molecular flexibility index (Phi) is 4.50. The van der Waals surface area contributed by atoms with Crippen LogP contribution in [0.5, 0.6) is 0 Å². The molecule has 0 aromatic heterocycles. The quantitative estimate of drug-likeness (QED) is 0.814. The fraction of sp³-hybridized carbons (Fsp3) is 0.462. The number of hydrogen-bond donors (Lipinski definition) is 2. The van der Waals surface area contributed by atoms with Gasteiger partial charge in [-0.25, -0.2) is 0 Å². The molecule has 1 amide bonds. The summed E-state index contributed by atoms with van der Waals surface area (Å²) >= 11 is 0. The van der Waals surface area contributed by atoms with Crippen LogP contribution in [0.15, 0.2) is 18.2 Å². The van der Waals surface area contributed by atoms with E-state index in [0.717, 1.165) is 16.7 Å². The maximum Gasteiger partial charge on any atom is 0.252 e. The average Bonchev–Trinajstić information content (AvgIpc) is 2.17. The van der Waals surface area contributed by atoms with Crippen molar-refractivity contribution in [1.82, 2.24) is 5.32 Å². The van der Waals surface area contributed by atoms with Crippen molar-refractivity contribution in [2.24, 2.45) is 0 Å². The van der Waals surface area contributed by atoms with Gasteiger partial charge in [0.15, 0.2) is 0 Å². The van der Waals surface area contributed by atoms with Crippen molar-refractivity contribution in [3.05, 3.63) is 34.9 Å². The number of rotatable bonds is 4. The van der Waals surface area contributed by atoms with Crippen molar-refractivity contribution in [2.75, 3.05) is 6.61 Å². The van der Waals surface area contributed by atoms with Crippen LogP contribution < -0.4 is 5.32 Å². The minimum Gasteiger partial charge on any atom is -0.396 e. The van der Waals surface area contributed by atoms with Crippen molar-refractivity contribution < 1.29 is 9.90 Å². The third-order valence-corrected chi connectivity index (χ3v) is 2.65. The van der Waals surface area contributed by atoms with E-state index in [1.165, 1.54) is 0 Å². The van der Waals surface area contributed by atoms with Gasteiger partial charge in [-0.1, -0.05) is 18.2 Å². The minimum absolute atomic E-state index is 0.00324. The number of aliphatic hydroxyl groups excluding tert-OH is 1. The second-order valence-corrected chi connectivity index (χ2v) is 4.15. The molecule has 0 aliphatic carbocycles. The fourth-order valence-electron chi connectivity index (χ4n) is 1.73. The fourth-order valence-corrected chi connectivity index (χ4v) is 1.73. The molecule has 0 radical (unpaired) electrons. The lowest BCUT2D eigenvalue weighted by atomic mass is 10.0. The Morgan fingerprint density at radius 1 is 1.38 bits per heavy atom. The average molecular weight is 221 g/mol. The monoisotopic (exact) mass is 221 g/mol. The molecule has 0 aliphatic heterocycles. The SMILES string of the molecule is Cc1cccc(C)c1C(=O)NC(C)CCO. The highest BCUT2D eigenvalue weighted by Crippen LogP contribution is 2.13. The maximum absolute atomic E-state index is 12.0.